The van der Waals surface area contributed by atoms with Crippen LogP contribution >= 0.6 is 11.6 Å². The molecule has 1 heterocycles. The Kier molecular flexibility index (Phi) is 6.07. The summed E-state index contributed by atoms with van der Waals surface area (Å²) < 4.78 is 11.2. The fourth-order valence-electron chi connectivity index (χ4n) is 3.41. The van der Waals surface area contributed by atoms with E-state index in [2.05, 4.69) is 19.4 Å². The SMILES string of the molecule is C[C@@H](Oc1cc2oc(=O)c3c(c2cc1Cl)CCC3)C(=O)NCCC[NH+](C)C. The van der Waals surface area contributed by atoms with Gasteiger partial charge in [0.05, 0.1) is 25.7 Å². The van der Waals surface area contributed by atoms with Crippen LogP contribution in [0.3, 0.4) is 0 Å². The fraction of sp³-hybridized carbons (Fsp3) is 0.500. The molecule has 2 aromatic rings. The van der Waals surface area contributed by atoms with E-state index in [1.165, 1.54) is 4.90 Å². The van der Waals surface area contributed by atoms with Crippen molar-refractivity contribution in [2.75, 3.05) is 27.2 Å². The van der Waals surface area contributed by atoms with Crippen LogP contribution in [-0.2, 0) is 17.6 Å². The van der Waals surface area contributed by atoms with Crippen molar-refractivity contribution in [3.63, 3.8) is 0 Å². The second-order valence-electron chi connectivity index (χ2n) is 7.34. The van der Waals surface area contributed by atoms with E-state index in [9.17, 15) is 9.59 Å². The average Bonchev–Trinajstić information content (AvgIpc) is 3.10. The maximum absolute atomic E-state index is 12.2. The Hall–Kier alpha value is -2.05. The lowest BCUT2D eigenvalue weighted by Crippen LogP contribution is -3.05. The number of carbonyl (C=O) groups is 1. The highest BCUT2D eigenvalue weighted by atomic mass is 35.5. The van der Waals surface area contributed by atoms with Gasteiger partial charge in [0, 0.05) is 30.0 Å². The minimum atomic E-state index is -0.701. The summed E-state index contributed by atoms with van der Waals surface area (Å²) in [5.41, 5.74) is 1.92. The van der Waals surface area contributed by atoms with E-state index in [4.69, 9.17) is 20.8 Å². The average molecular weight is 394 g/mol. The van der Waals surface area contributed by atoms with Gasteiger partial charge in [-0.05, 0) is 37.8 Å². The minimum Gasteiger partial charge on any atom is -0.479 e. The Labute approximate surface area is 163 Å². The molecular weight excluding hydrogens is 368 g/mol. The van der Waals surface area contributed by atoms with Crippen LogP contribution in [0.15, 0.2) is 21.3 Å². The molecular formula is C20H26ClN2O4+. The van der Waals surface area contributed by atoms with Gasteiger partial charge in [-0.2, -0.15) is 0 Å². The van der Waals surface area contributed by atoms with Gasteiger partial charge in [-0.3, -0.25) is 4.79 Å². The summed E-state index contributed by atoms with van der Waals surface area (Å²) in [6.45, 7) is 3.26. The highest BCUT2D eigenvalue weighted by Gasteiger charge is 2.22. The summed E-state index contributed by atoms with van der Waals surface area (Å²) in [5.74, 6) is 0.140. The first-order valence-electron chi connectivity index (χ1n) is 9.38. The van der Waals surface area contributed by atoms with Crippen molar-refractivity contribution < 1.29 is 18.8 Å². The first kappa shape index (κ1) is 19.7. The summed E-state index contributed by atoms with van der Waals surface area (Å²) >= 11 is 6.38. The molecule has 0 spiro atoms. The number of aryl methyl sites for hydroxylation is 1. The third-order valence-electron chi connectivity index (χ3n) is 4.85. The zero-order valence-corrected chi connectivity index (χ0v) is 16.7. The second kappa shape index (κ2) is 8.31. The molecule has 0 saturated carbocycles. The number of amides is 1. The topological polar surface area (TPSA) is 73.0 Å². The highest BCUT2D eigenvalue weighted by Crippen LogP contribution is 2.35. The largest absolute Gasteiger partial charge is 0.479 e. The standard InChI is InChI=1S/C20H25ClN2O4/c1-12(19(24)22-8-5-9-23(2)3)26-18-11-17-15(10-16(18)21)13-6-4-7-14(13)20(25)27-17/h10-12H,4-9H2,1-3H3,(H,22,24)/p+1/t12-/m1/s1. The van der Waals surface area contributed by atoms with Crippen molar-refractivity contribution in [1.82, 2.24) is 5.32 Å². The summed E-state index contributed by atoms with van der Waals surface area (Å²) in [7, 11) is 4.14. The first-order chi connectivity index (χ1) is 12.9. The summed E-state index contributed by atoms with van der Waals surface area (Å²) in [4.78, 5) is 25.7. The van der Waals surface area contributed by atoms with Crippen LogP contribution in [0.5, 0.6) is 5.75 Å². The van der Waals surface area contributed by atoms with E-state index in [0.717, 1.165) is 48.7 Å². The zero-order valence-electron chi connectivity index (χ0n) is 16.0. The first-order valence-corrected chi connectivity index (χ1v) is 9.76. The van der Waals surface area contributed by atoms with Crippen molar-refractivity contribution in [3.8, 4) is 5.75 Å². The third-order valence-corrected chi connectivity index (χ3v) is 5.15. The molecule has 0 radical (unpaired) electrons. The number of nitrogens with one attached hydrogen (secondary N) is 2. The number of fused-ring (bicyclic) bond motifs is 3. The quantitative estimate of drug-likeness (QED) is 0.550. The number of rotatable bonds is 7. The maximum Gasteiger partial charge on any atom is 0.339 e. The van der Waals surface area contributed by atoms with Gasteiger partial charge >= 0.3 is 5.63 Å². The van der Waals surface area contributed by atoms with Gasteiger partial charge in [0.1, 0.15) is 11.3 Å². The van der Waals surface area contributed by atoms with Crippen molar-refractivity contribution in [3.05, 3.63) is 38.7 Å². The number of hydrogen-bond acceptors (Lipinski definition) is 4. The van der Waals surface area contributed by atoms with E-state index in [1.54, 1.807) is 19.1 Å². The van der Waals surface area contributed by atoms with Gasteiger partial charge in [0.25, 0.3) is 5.91 Å². The number of ether oxygens (including phenoxy) is 1. The lowest BCUT2D eigenvalue weighted by molar-refractivity contribution is -0.858. The van der Waals surface area contributed by atoms with Crippen LogP contribution in [0.2, 0.25) is 5.02 Å². The molecule has 1 aromatic carbocycles. The smallest absolute Gasteiger partial charge is 0.339 e. The lowest BCUT2D eigenvalue weighted by Gasteiger charge is -2.16. The molecule has 7 heteroatoms. The Balaban J connectivity index is 1.73. The molecule has 27 heavy (non-hydrogen) atoms. The molecule has 1 aliphatic carbocycles. The van der Waals surface area contributed by atoms with Gasteiger partial charge in [0.15, 0.2) is 6.10 Å². The predicted octanol–water partition coefficient (Wildman–Crippen LogP) is 1.35. The minimum absolute atomic E-state index is 0.199. The molecule has 1 aromatic heterocycles. The van der Waals surface area contributed by atoms with Gasteiger partial charge < -0.3 is 19.4 Å². The molecule has 2 N–H and O–H groups in total. The van der Waals surface area contributed by atoms with E-state index < -0.39 is 6.10 Å². The number of quaternary nitrogens is 1. The molecule has 1 aliphatic rings. The van der Waals surface area contributed by atoms with Gasteiger partial charge in [-0.25, -0.2) is 4.79 Å². The zero-order chi connectivity index (χ0) is 19.6. The van der Waals surface area contributed by atoms with Crippen LogP contribution in [0.25, 0.3) is 11.0 Å². The van der Waals surface area contributed by atoms with Crippen LogP contribution in [0.4, 0.5) is 0 Å². The molecule has 0 bridgehead atoms. The van der Waals surface area contributed by atoms with E-state index in [-0.39, 0.29) is 11.5 Å². The fourth-order valence-corrected chi connectivity index (χ4v) is 3.62. The van der Waals surface area contributed by atoms with E-state index in [0.29, 0.717) is 22.9 Å². The molecule has 1 amide bonds. The molecule has 0 fully saturated rings. The van der Waals surface area contributed by atoms with Crippen LogP contribution < -0.4 is 20.6 Å². The summed E-state index contributed by atoms with van der Waals surface area (Å²) in [6, 6.07) is 3.38. The Morgan fingerprint density at radius 3 is 2.81 bits per heavy atom. The maximum atomic E-state index is 12.2. The molecule has 6 nitrogen and oxygen atoms in total. The Bertz CT molecular complexity index is 907. The lowest BCUT2D eigenvalue weighted by atomic mass is 10.1. The normalized spacial score (nSPS) is 14.4. The van der Waals surface area contributed by atoms with E-state index in [1.807, 2.05) is 0 Å². The highest BCUT2D eigenvalue weighted by molar-refractivity contribution is 6.32. The molecule has 0 aliphatic heterocycles. The van der Waals surface area contributed by atoms with Crippen molar-refractivity contribution >= 4 is 28.5 Å². The molecule has 0 saturated heterocycles. The molecule has 3 rings (SSSR count). The molecule has 146 valence electrons. The van der Waals surface area contributed by atoms with Crippen LogP contribution in [0, 0.1) is 0 Å². The molecule has 1 atom stereocenters. The van der Waals surface area contributed by atoms with Crippen LogP contribution in [0.1, 0.15) is 30.9 Å². The number of halogens is 1. The summed E-state index contributed by atoms with van der Waals surface area (Å²) in [6.07, 6.45) is 2.74. The third kappa shape index (κ3) is 4.45. The molecule has 0 unspecified atom stereocenters. The van der Waals surface area contributed by atoms with Gasteiger partial charge in [-0.15, -0.1) is 0 Å². The van der Waals surface area contributed by atoms with Gasteiger partial charge in [-0.1, -0.05) is 11.6 Å². The predicted molar refractivity (Wildman–Crippen MR) is 105 cm³/mol. The summed E-state index contributed by atoms with van der Waals surface area (Å²) in [5, 5.41) is 4.12. The second-order valence-corrected chi connectivity index (χ2v) is 7.75. The monoisotopic (exact) mass is 393 g/mol. The van der Waals surface area contributed by atoms with Crippen LogP contribution in [-0.4, -0.2) is 39.2 Å². The Morgan fingerprint density at radius 1 is 1.33 bits per heavy atom. The Morgan fingerprint density at radius 2 is 2.07 bits per heavy atom. The van der Waals surface area contributed by atoms with Crippen molar-refractivity contribution in [1.29, 1.82) is 0 Å². The van der Waals surface area contributed by atoms with E-state index >= 15 is 0 Å². The van der Waals surface area contributed by atoms with Crippen molar-refractivity contribution in [2.24, 2.45) is 0 Å². The van der Waals surface area contributed by atoms with Crippen molar-refractivity contribution in [2.45, 2.75) is 38.7 Å². The van der Waals surface area contributed by atoms with Gasteiger partial charge in [0.2, 0.25) is 0 Å². The number of carbonyl (C=O) groups excluding carboxylic acids is 1. The number of benzene rings is 1. The number of hydrogen-bond donors (Lipinski definition) is 2.